The van der Waals surface area contributed by atoms with Crippen LogP contribution in [0.1, 0.15) is 72.4 Å². The van der Waals surface area contributed by atoms with Crippen molar-refractivity contribution in [1.29, 1.82) is 0 Å². The predicted molar refractivity (Wildman–Crippen MR) is 174 cm³/mol. The standard InChI is InChI=1S/C35H43N3O10/c1-5-7-9-14-28(27(6-2)33(41)38-47-20-23-12-10-8-11-13-23)32(40)36-22-37-34(42)30-16-15-29(48-30)24-17-25(35(43)45-4)19-26(18-24)46-21-31(39)44-3/h8,10-13,15-19,27-28H,5-7,9,14,20-22H2,1-4H3,(H,36,40)(H,37,42)(H,38,41)/t27-,28-/m1/s1. The number of esters is 2. The minimum Gasteiger partial charge on any atom is -0.482 e. The van der Waals surface area contributed by atoms with E-state index in [1.54, 1.807) is 0 Å². The second kappa shape index (κ2) is 19.5. The van der Waals surface area contributed by atoms with Crippen LogP contribution in [0.5, 0.6) is 5.75 Å². The van der Waals surface area contributed by atoms with Crippen LogP contribution in [0.2, 0.25) is 0 Å². The van der Waals surface area contributed by atoms with Crippen LogP contribution in [-0.4, -0.2) is 57.2 Å². The van der Waals surface area contributed by atoms with Gasteiger partial charge in [-0.25, -0.2) is 15.1 Å². The molecule has 258 valence electrons. The summed E-state index contributed by atoms with van der Waals surface area (Å²) >= 11 is 0. The Bertz CT molecular complexity index is 1520. The lowest BCUT2D eigenvalue weighted by Crippen LogP contribution is -2.45. The number of carbonyl (C=O) groups excluding carboxylic acids is 5. The summed E-state index contributed by atoms with van der Waals surface area (Å²) in [5, 5.41) is 5.33. The highest BCUT2D eigenvalue weighted by Gasteiger charge is 2.32. The van der Waals surface area contributed by atoms with Gasteiger partial charge in [-0.15, -0.1) is 0 Å². The topological polar surface area (TPSA) is 172 Å². The highest BCUT2D eigenvalue weighted by Crippen LogP contribution is 2.29. The Balaban J connectivity index is 1.63. The number of hydrogen-bond donors (Lipinski definition) is 3. The number of rotatable bonds is 19. The quantitative estimate of drug-likeness (QED) is 0.0714. The molecule has 0 bridgehead atoms. The van der Waals surface area contributed by atoms with E-state index in [0.29, 0.717) is 18.4 Å². The number of nitrogens with one attached hydrogen (secondary N) is 3. The van der Waals surface area contributed by atoms with Crippen molar-refractivity contribution < 1.29 is 47.4 Å². The summed E-state index contributed by atoms with van der Waals surface area (Å²) in [4.78, 5) is 68.4. The monoisotopic (exact) mass is 665 g/mol. The Morgan fingerprint density at radius 3 is 2.29 bits per heavy atom. The van der Waals surface area contributed by atoms with E-state index < -0.39 is 29.7 Å². The van der Waals surface area contributed by atoms with Gasteiger partial charge in [0.1, 0.15) is 11.5 Å². The summed E-state index contributed by atoms with van der Waals surface area (Å²) in [5.41, 5.74) is 3.91. The van der Waals surface area contributed by atoms with Crippen LogP contribution >= 0.6 is 0 Å². The van der Waals surface area contributed by atoms with Gasteiger partial charge in [-0.3, -0.25) is 19.2 Å². The number of furan rings is 1. The molecule has 48 heavy (non-hydrogen) atoms. The van der Waals surface area contributed by atoms with Crippen LogP contribution < -0.4 is 20.9 Å². The zero-order valence-electron chi connectivity index (χ0n) is 27.7. The van der Waals surface area contributed by atoms with Gasteiger partial charge in [0.25, 0.3) is 5.91 Å². The molecule has 13 heteroatoms. The van der Waals surface area contributed by atoms with Crippen molar-refractivity contribution in [1.82, 2.24) is 16.1 Å². The van der Waals surface area contributed by atoms with E-state index in [9.17, 15) is 24.0 Å². The van der Waals surface area contributed by atoms with Gasteiger partial charge >= 0.3 is 11.9 Å². The maximum Gasteiger partial charge on any atom is 0.343 e. The lowest BCUT2D eigenvalue weighted by Gasteiger charge is -2.24. The molecule has 0 fully saturated rings. The fourth-order valence-electron chi connectivity index (χ4n) is 4.93. The van der Waals surface area contributed by atoms with Gasteiger partial charge < -0.3 is 29.3 Å². The number of unbranched alkanes of at least 4 members (excludes halogenated alkanes) is 2. The molecule has 3 rings (SSSR count). The molecule has 13 nitrogen and oxygen atoms in total. The van der Waals surface area contributed by atoms with Crippen LogP contribution in [0.25, 0.3) is 11.3 Å². The minimum atomic E-state index is -0.643. The molecule has 3 aromatic rings. The smallest absolute Gasteiger partial charge is 0.343 e. The van der Waals surface area contributed by atoms with E-state index in [1.807, 2.05) is 37.3 Å². The molecule has 1 aromatic heterocycles. The molecule has 0 aliphatic heterocycles. The molecule has 0 aliphatic carbocycles. The first-order valence-corrected chi connectivity index (χ1v) is 15.7. The van der Waals surface area contributed by atoms with E-state index in [2.05, 4.69) is 27.8 Å². The Labute approximate surface area is 279 Å². The van der Waals surface area contributed by atoms with E-state index in [4.69, 9.17) is 18.7 Å². The zero-order valence-corrected chi connectivity index (χ0v) is 27.7. The van der Waals surface area contributed by atoms with E-state index in [-0.39, 0.29) is 54.5 Å². The third-order valence-electron chi connectivity index (χ3n) is 7.51. The number of carbonyl (C=O) groups is 5. The van der Waals surface area contributed by atoms with Gasteiger partial charge in [-0.2, -0.15) is 0 Å². The molecule has 0 aliphatic rings. The molecule has 2 atom stereocenters. The molecular weight excluding hydrogens is 622 g/mol. The largest absolute Gasteiger partial charge is 0.482 e. The fraction of sp³-hybridized carbons (Fsp3) is 0.400. The summed E-state index contributed by atoms with van der Waals surface area (Å²) in [6, 6.07) is 16.8. The Hall–Kier alpha value is -5.17. The van der Waals surface area contributed by atoms with Gasteiger partial charge in [0.2, 0.25) is 11.8 Å². The van der Waals surface area contributed by atoms with Crippen LogP contribution in [0, 0.1) is 11.8 Å². The molecule has 3 amide bonds. The van der Waals surface area contributed by atoms with Crippen molar-refractivity contribution in [3.05, 3.63) is 77.6 Å². The average molecular weight is 666 g/mol. The lowest BCUT2D eigenvalue weighted by atomic mass is 9.84. The summed E-state index contributed by atoms with van der Waals surface area (Å²) in [7, 11) is 2.45. The first-order chi connectivity index (χ1) is 23.2. The van der Waals surface area contributed by atoms with Crippen LogP contribution in [0.4, 0.5) is 0 Å². The second-order valence-electron chi connectivity index (χ2n) is 10.8. The molecule has 0 unspecified atom stereocenters. The number of hydrogen-bond acceptors (Lipinski definition) is 10. The van der Waals surface area contributed by atoms with Crippen molar-refractivity contribution in [3.8, 4) is 17.1 Å². The SMILES string of the molecule is CCCCC[C@@H](C(=O)NCNC(=O)c1ccc(-c2cc(OCC(=O)OC)cc(C(=O)OC)c2)o1)[C@@H](CC)C(=O)NOCc1ccccc1. The fourth-order valence-corrected chi connectivity index (χ4v) is 4.93. The van der Waals surface area contributed by atoms with Gasteiger partial charge in [-0.1, -0.05) is 63.4 Å². The highest BCUT2D eigenvalue weighted by molar-refractivity contribution is 5.94. The van der Waals surface area contributed by atoms with Gasteiger partial charge in [0, 0.05) is 11.5 Å². The maximum atomic E-state index is 13.3. The van der Waals surface area contributed by atoms with Crippen LogP contribution in [0.15, 0.2) is 65.1 Å². The van der Waals surface area contributed by atoms with Crippen molar-refractivity contribution in [2.45, 2.75) is 52.6 Å². The van der Waals surface area contributed by atoms with Crippen LogP contribution in [-0.2, 0) is 35.3 Å². The van der Waals surface area contributed by atoms with Gasteiger partial charge in [0.05, 0.1) is 39.0 Å². The third kappa shape index (κ3) is 11.3. The second-order valence-corrected chi connectivity index (χ2v) is 10.8. The molecule has 0 saturated heterocycles. The molecule has 1 heterocycles. The summed E-state index contributed by atoms with van der Waals surface area (Å²) < 4.78 is 20.6. The number of amides is 3. The number of ether oxygens (including phenoxy) is 3. The summed E-state index contributed by atoms with van der Waals surface area (Å²) in [6.45, 7) is 3.50. The molecule has 0 saturated carbocycles. The molecule has 0 radical (unpaired) electrons. The Morgan fingerprint density at radius 2 is 1.60 bits per heavy atom. The number of methoxy groups -OCH3 is 2. The van der Waals surface area contributed by atoms with Crippen molar-refractivity contribution >= 4 is 29.7 Å². The van der Waals surface area contributed by atoms with Crippen molar-refractivity contribution in [3.63, 3.8) is 0 Å². The van der Waals surface area contributed by atoms with Crippen LogP contribution in [0.3, 0.4) is 0 Å². The first kappa shape index (κ1) is 37.3. The molecule has 3 N–H and O–H groups in total. The Kier molecular flexibility index (Phi) is 15.1. The van der Waals surface area contributed by atoms with Crippen molar-refractivity contribution in [2.75, 3.05) is 27.5 Å². The number of hydroxylamine groups is 1. The molecular formula is C35H43N3O10. The predicted octanol–water partition coefficient (Wildman–Crippen LogP) is 4.56. The van der Waals surface area contributed by atoms with Gasteiger partial charge in [-0.05, 0) is 48.7 Å². The van der Waals surface area contributed by atoms with Gasteiger partial charge in [0.15, 0.2) is 12.4 Å². The van der Waals surface area contributed by atoms with E-state index in [1.165, 1.54) is 44.6 Å². The normalized spacial score (nSPS) is 11.9. The summed E-state index contributed by atoms with van der Waals surface area (Å²) in [6.07, 6.45) is 3.53. The molecule has 2 aromatic carbocycles. The van der Waals surface area contributed by atoms with E-state index >= 15 is 0 Å². The zero-order chi connectivity index (χ0) is 34.9. The first-order valence-electron chi connectivity index (χ1n) is 15.7. The lowest BCUT2D eigenvalue weighted by molar-refractivity contribution is -0.145. The third-order valence-corrected chi connectivity index (χ3v) is 7.51. The minimum absolute atomic E-state index is 0.0550. The van der Waals surface area contributed by atoms with Crippen molar-refractivity contribution in [2.24, 2.45) is 11.8 Å². The summed E-state index contributed by atoms with van der Waals surface area (Å²) in [5.74, 6) is -3.51. The molecule has 0 spiro atoms. The maximum absolute atomic E-state index is 13.3. The highest BCUT2D eigenvalue weighted by atomic mass is 16.7. The van der Waals surface area contributed by atoms with E-state index in [0.717, 1.165) is 24.8 Å². The average Bonchev–Trinajstić information content (AvgIpc) is 3.61. The Morgan fingerprint density at radius 1 is 0.833 bits per heavy atom. The number of benzene rings is 2.